The first-order valence-corrected chi connectivity index (χ1v) is 10.7. The minimum Gasteiger partial charge on any atom is -0.494 e. The predicted octanol–water partition coefficient (Wildman–Crippen LogP) is 3.89. The molecule has 160 valence electrons. The van der Waals surface area contributed by atoms with Crippen LogP contribution < -0.4 is 10.3 Å². The molecule has 30 heavy (non-hydrogen) atoms. The minimum absolute atomic E-state index is 0.00571. The van der Waals surface area contributed by atoms with Gasteiger partial charge in [-0.15, -0.1) is 0 Å². The molecule has 0 radical (unpaired) electrons. The summed E-state index contributed by atoms with van der Waals surface area (Å²) in [5.41, 5.74) is 3.52. The Hall–Kier alpha value is -2.63. The van der Waals surface area contributed by atoms with Gasteiger partial charge in [-0.05, 0) is 68.1 Å². The Bertz CT molecular complexity index is 1010. The quantitative estimate of drug-likeness (QED) is 0.489. The zero-order valence-corrected chi connectivity index (χ0v) is 18.0. The molecule has 0 bridgehead atoms. The summed E-state index contributed by atoms with van der Waals surface area (Å²) in [5, 5.41) is 10.4. The maximum Gasteiger partial charge on any atom is 0.250 e. The zero-order valence-electron chi connectivity index (χ0n) is 18.0. The molecule has 0 atom stereocenters. The highest BCUT2D eigenvalue weighted by Gasteiger charge is 2.07. The number of hydrogen-bond acceptors (Lipinski definition) is 4. The average molecular weight is 409 g/mol. The van der Waals surface area contributed by atoms with Gasteiger partial charge < -0.3 is 14.4 Å². The number of ether oxygens (including phenoxy) is 1. The molecule has 0 fully saturated rings. The van der Waals surface area contributed by atoms with E-state index >= 15 is 0 Å². The van der Waals surface area contributed by atoms with Gasteiger partial charge in [0.1, 0.15) is 5.75 Å². The number of aliphatic hydroxyl groups is 1. The highest BCUT2D eigenvalue weighted by Crippen LogP contribution is 2.19. The van der Waals surface area contributed by atoms with E-state index in [0.29, 0.717) is 13.2 Å². The molecule has 2 aromatic carbocycles. The number of benzene rings is 2. The number of aliphatic hydroxyl groups excluding tert-OH is 1. The third-order valence-corrected chi connectivity index (χ3v) is 5.56. The summed E-state index contributed by atoms with van der Waals surface area (Å²) in [5.74, 6) is 0.836. The molecule has 0 aliphatic heterocycles. The molecule has 0 saturated carbocycles. The molecule has 1 heterocycles. The molecule has 5 nitrogen and oxygen atoms in total. The van der Waals surface area contributed by atoms with Crippen LogP contribution >= 0.6 is 0 Å². The van der Waals surface area contributed by atoms with Crippen LogP contribution in [0.15, 0.2) is 59.4 Å². The second-order valence-electron chi connectivity index (χ2n) is 7.79. The van der Waals surface area contributed by atoms with Crippen LogP contribution in [0.4, 0.5) is 0 Å². The third-order valence-electron chi connectivity index (χ3n) is 5.56. The second kappa shape index (κ2) is 11.0. The van der Waals surface area contributed by atoms with E-state index in [9.17, 15) is 9.90 Å². The van der Waals surface area contributed by atoms with E-state index in [1.165, 1.54) is 11.1 Å². The van der Waals surface area contributed by atoms with Crippen LogP contribution in [0.2, 0.25) is 0 Å². The Morgan fingerprint density at radius 2 is 1.83 bits per heavy atom. The summed E-state index contributed by atoms with van der Waals surface area (Å²) in [6, 6.07) is 17.7. The van der Waals surface area contributed by atoms with E-state index < -0.39 is 0 Å². The molecule has 1 N–H and O–H groups in total. The fourth-order valence-corrected chi connectivity index (χ4v) is 3.70. The SMILES string of the molecule is Cc1ccccc1CN(CCO)CCCCCOc1ccc2c(ccc(=O)n2C)c1. The van der Waals surface area contributed by atoms with Gasteiger partial charge >= 0.3 is 0 Å². The normalized spacial score (nSPS) is 11.3. The van der Waals surface area contributed by atoms with Gasteiger partial charge in [-0.25, -0.2) is 0 Å². The van der Waals surface area contributed by atoms with Gasteiger partial charge in [-0.1, -0.05) is 24.3 Å². The van der Waals surface area contributed by atoms with Crippen molar-refractivity contribution < 1.29 is 9.84 Å². The number of rotatable bonds is 11. The number of aryl methyl sites for hydroxylation is 2. The fourth-order valence-electron chi connectivity index (χ4n) is 3.70. The lowest BCUT2D eigenvalue weighted by atomic mass is 10.1. The van der Waals surface area contributed by atoms with Gasteiger partial charge in [0.15, 0.2) is 0 Å². The van der Waals surface area contributed by atoms with Crippen molar-refractivity contribution in [3.8, 4) is 5.75 Å². The Balaban J connectivity index is 1.42. The number of aromatic nitrogens is 1. The van der Waals surface area contributed by atoms with Crippen LogP contribution in [-0.4, -0.2) is 40.9 Å². The highest BCUT2D eigenvalue weighted by atomic mass is 16.5. The second-order valence-corrected chi connectivity index (χ2v) is 7.79. The van der Waals surface area contributed by atoms with E-state index in [1.54, 1.807) is 17.7 Å². The molecule has 3 rings (SSSR count). The molecule has 0 unspecified atom stereocenters. The monoisotopic (exact) mass is 408 g/mol. The smallest absolute Gasteiger partial charge is 0.250 e. The standard InChI is InChI=1S/C25H32N2O3/c1-20-8-4-5-9-22(20)19-27(15-16-28)14-6-3-7-17-30-23-11-12-24-21(18-23)10-13-25(29)26(24)2/h4-5,8-13,18,28H,3,6-7,14-17,19H2,1-2H3. The lowest BCUT2D eigenvalue weighted by molar-refractivity contribution is 0.186. The van der Waals surface area contributed by atoms with Crippen LogP contribution in [-0.2, 0) is 13.6 Å². The van der Waals surface area contributed by atoms with E-state index in [4.69, 9.17) is 4.74 Å². The van der Waals surface area contributed by atoms with Crippen molar-refractivity contribution in [3.63, 3.8) is 0 Å². The van der Waals surface area contributed by atoms with Crippen molar-refractivity contribution >= 4 is 10.9 Å². The van der Waals surface area contributed by atoms with Gasteiger partial charge in [0.05, 0.1) is 18.7 Å². The maximum atomic E-state index is 11.7. The summed E-state index contributed by atoms with van der Waals surface area (Å²) in [7, 11) is 1.78. The molecule has 3 aromatic rings. The summed E-state index contributed by atoms with van der Waals surface area (Å²) in [6.07, 6.45) is 3.15. The summed E-state index contributed by atoms with van der Waals surface area (Å²) >= 11 is 0. The fraction of sp³-hybridized carbons (Fsp3) is 0.400. The van der Waals surface area contributed by atoms with Crippen molar-refractivity contribution in [2.45, 2.75) is 32.7 Å². The average Bonchev–Trinajstić information content (AvgIpc) is 2.75. The van der Waals surface area contributed by atoms with Crippen LogP contribution in [0.1, 0.15) is 30.4 Å². The maximum absolute atomic E-state index is 11.7. The first-order valence-electron chi connectivity index (χ1n) is 10.7. The Labute approximate surface area is 178 Å². The number of unbranched alkanes of at least 4 members (excludes halogenated alkanes) is 2. The Kier molecular flexibility index (Phi) is 8.05. The summed E-state index contributed by atoms with van der Waals surface area (Å²) in [4.78, 5) is 14.0. The molecule has 1 aromatic heterocycles. The van der Waals surface area contributed by atoms with E-state index in [2.05, 4.69) is 36.1 Å². The van der Waals surface area contributed by atoms with Gasteiger partial charge in [0.25, 0.3) is 5.56 Å². The topological polar surface area (TPSA) is 54.7 Å². The molecule has 0 saturated heterocycles. The number of pyridine rings is 1. The molecule has 0 aliphatic rings. The van der Waals surface area contributed by atoms with Crippen LogP contribution in [0.5, 0.6) is 5.75 Å². The number of nitrogens with zero attached hydrogens (tertiary/aromatic N) is 2. The van der Waals surface area contributed by atoms with Crippen molar-refractivity contribution in [3.05, 3.63) is 76.1 Å². The van der Waals surface area contributed by atoms with E-state index in [-0.39, 0.29) is 12.2 Å². The first-order chi connectivity index (χ1) is 14.6. The Morgan fingerprint density at radius 1 is 1.00 bits per heavy atom. The predicted molar refractivity (Wildman–Crippen MR) is 122 cm³/mol. The van der Waals surface area contributed by atoms with E-state index in [1.807, 2.05) is 24.3 Å². The molecule has 0 amide bonds. The van der Waals surface area contributed by atoms with Crippen molar-refractivity contribution in [2.24, 2.45) is 7.05 Å². The third kappa shape index (κ3) is 5.94. The van der Waals surface area contributed by atoms with Crippen LogP contribution in [0.3, 0.4) is 0 Å². The number of fused-ring (bicyclic) bond motifs is 1. The summed E-state index contributed by atoms with van der Waals surface area (Å²) < 4.78 is 7.56. The lowest BCUT2D eigenvalue weighted by Crippen LogP contribution is -2.28. The van der Waals surface area contributed by atoms with Gasteiger partial charge in [0.2, 0.25) is 0 Å². The largest absolute Gasteiger partial charge is 0.494 e. The van der Waals surface area contributed by atoms with E-state index in [0.717, 1.165) is 49.0 Å². The molecule has 5 heteroatoms. The first kappa shape index (κ1) is 22.1. The van der Waals surface area contributed by atoms with Crippen LogP contribution in [0.25, 0.3) is 10.9 Å². The zero-order chi connectivity index (χ0) is 21.3. The molecular formula is C25H32N2O3. The van der Waals surface area contributed by atoms with Crippen molar-refractivity contribution in [2.75, 3.05) is 26.3 Å². The van der Waals surface area contributed by atoms with Gasteiger partial charge in [0, 0.05) is 31.6 Å². The molecule has 0 spiro atoms. The highest BCUT2D eigenvalue weighted by molar-refractivity contribution is 5.80. The Morgan fingerprint density at radius 3 is 2.63 bits per heavy atom. The van der Waals surface area contributed by atoms with Crippen LogP contribution in [0, 0.1) is 6.92 Å². The number of hydrogen-bond donors (Lipinski definition) is 1. The summed E-state index contributed by atoms with van der Waals surface area (Å²) in [6.45, 7) is 5.54. The van der Waals surface area contributed by atoms with Crippen molar-refractivity contribution in [1.29, 1.82) is 0 Å². The minimum atomic E-state index is -0.00571. The lowest BCUT2D eigenvalue weighted by Gasteiger charge is -2.22. The molecule has 0 aliphatic carbocycles. The van der Waals surface area contributed by atoms with Crippen molar-refractivity contribution in [1.82, 2.24) is 9.47 Å². The molecular weight excluding hydrogens is 376 g/mol. The van der Waals surface area contributed by atoms with Gasteiger partial charge in [-0.3, -0.25) is 9.69 Å². The van der Waals surface area contributed by atoms with Gasteiger partial charge in [-0.2, -0.15) is 0 Å².